The van der Waals surface area contributed by atoms with Crippen molar-refractivity contribution in [1.29, 1.82) is 0 Å². The Labute approximate surface area is 136 Å². The van der Waals surface area contributed by atoms with Crippen LogP contribution in [-0.4, -0.2) is 99.0 Å². The molecule has 0 aromatic heterocycles. The zero-order valence-corrected chi connectivity index (χ0v) is 6.52. The Bertz CT molecular complexity index is 322. The van der Waals surface area contributed by atoms with Crippen molar-refractivity contribution in [2.75, 3.05) is 0 Å². The maximum absolute atomic E-state index is 10.1. The van der Waals surface area contributed by atoms with Gasteiger partial charge in [0, 0.05) is 0 Å². The van der Waals surface area contributed by atoms with E-state index >= 15 is 0 Å². The summed E-state index contributed by atoms with van der Waals surface area (Å²) in [5.74, 6) is 0. The second kappa shape index (κ2) is 9.78. The van der Waals surface area contributed by atoms with Crippen molar-refractivity contribution in [3.63, 3.8) is 0 Å². The molecule has 0 saturated carbocycles. The van der Waals surface area contributed by atoms with E-state index in [1.54, 1.807) is 0 Å². The van der Waals surface area contributed by atoms with Gasteiger partial charge < -0.3 is 9.47 Å². The summed E-state index contributed by atoms with van der Waals surface area (Å²) < 4.78 is 37.3. The first-order valence-corrected chi connectivity index (χ1v) is 3.74. The second-order valence-corrected chi connectivity index (χ2v) is 2.35. The summed E-state index contributed by atoms with van der Waals surface area (Å²) in [5.41, 5.74) is 0. The Kier molecular flexibility index (Phi) is 13.6. The second-order valence-electron chi connectivity index (χ2n) is 1.33. The van der Waals surface area contributed by atoms with Crippen LogP contribution in [-0.2, 0) is 28.9 Å². The molecule has 0 spiro atoms. The van der Waals surface area contributed by atoms with Gasteiger partial charge in [0.1, 0.15) is 0 Å². The van der Waals surface area contributed by atoms with Gasteiger partial charge in [0.05, 0.1) is 0 Å². The van der Waals surface area contributed by atoms with E-state index in [-0.39, 0.29) is 73.8 Å². The molecule has 12 heteroatoms. The molecule has 0 unspecified atom stereocenters. The summed E-state index contributed by atoms with van der Waals surface area (Å²) in [6, 6.07) is 0. The van der Waals surface area contributed by atoms with Crippen LogP contribution in [0.25, 0.3) is 0 Å². The third-order valence-corrected chi connectivity index (χ3v) is 0.831. The van der Waals surface area contributed by atoms with E-state index in [0.717, 1.165) is 0 Å². The molecule has 0 aliphatic carbocycles. The van der Waals surface area contributed by atoms with E-state index in [4.69, 9.17) is 4.55 Å². The standard InChI is InChI=1S/C3H2O9S.Ca.Na.3H/c4-1-10-2(5)11-3(6)12-13(7,8)9;;;;;/h1H,(H,7,8,9);;;;;. The van der Waals surface area contributed by atoms with E-state index in [0.29, 0.717) is 0 Å². The van der Waals surface area contributed by atoms with Crippen LogP contribution in [0, 0.1) is 0 Å². The van der Waals surface area contributed by atoms with Crippen LogP contribution in [0.2, 0.25) is 0 Å². The van der Waals surface area contributed by atoms with E-state index < -0.39 is 22.7 Å². The number of carbonyl (C=O) groups is 3. The number of hydrogen-bond donors (Lipinski definition) is 1. The fourth-order valence-electron chi connectivity index (χ4n) is 0.234. The van der Waals surface area contributed by atoms with Crippen molar-refractivity contribution in [3.8, 4) is 0 Å². The Morgan fingerprint density at radius 1 is 1.20 bits per heavy atom. The van der Waals surface area contributed by atoms with Gasteiger partial charge in [-0.2, -0.15) is 8.42 Å². The van der Waals surface area contributed by atoms with Crippen molar-refractivity contribution in [2.24, 2.45) is 0 Å². The molecule has 80 valence electrons. The van der Waals surface area contributed by atoms with E-state index in [2.05, 4.69) is 13.7 Å². The quantitative estimate of drug-likeness (QED) is 0.194. The molecule has 0 fully saturated rings. The monoisotopic (exact) mass is 280 g/mol. The molecule has 0 heterocycles. The Balaban J connectivity index is -0.000000720. The predicted octanol–water partition coefficient (Wildman–Crippen LogP) is -2.33. The van der Waals surface area contributed by atoms with E-state index in [9.17, 15) is 22.8 Å². The van der Waals surface area contributed by atoms with Crippen LogP contribution in [0.4, 0.5) is 9.59 Å². The van der Waals surface area contributed by atoms with Gasteiger partial charge in [0.15, 0.2) is 0 Å². The summed E-state index contributed by atoms with van der Waals surface area (Å²) >= 11 is 0. The molecule has 0 amide bonds. The summed E-state index contributed by atoms with van der Waals surface area (Å²) in [6.45, 7) is -0.358. The molecule has 0 radical (unpaired) electrons. The molecule has 0 aliphatic heterocycles. The zero-order valence-electron chi connectivity index (χ0n) is 5.70. The SMILES string of the molecule is O=COC(=O)OC(=O)OS(=O)(=O)O.[CaH2].[NaH]. The van der Waals surface area contributed by atoms with Gasteiger partial charge >= 0.3 is 96.5 Å². The minimum absolute atomic E-state index is 0. The first kappa shape index (κ1) is 20.9. The number of hydrogen-bond acceptors (Lipinski definition) is 8. The first-order valence-electron chi connectivity index (χ1n) is 2.38. The minimum atomic E-state index is -5.05. The zero-order chi connectivity index (χ0) is 10.5. The Hall–Kier alpha value is 0.580. The van der Waals surface area contributed by atoms with Gasteiger partial charge in [0.2, 0.25) is 0 Å². The van der Waals surface area contributed by atoms with Crippen LogP contribution < -0.4 is 0 Å². The number of ether oxygens (including phenoxy) is 2. The van der Waals surface area contributed by atoms with Gasteiger partial charge in [-0.3, -0.25) is 13.5 Å². The van der Waals surface area contributed by atoms with Crippen LogP contribution in [0.15, 0.2) is 0 Å². The molecule has 0 aromatic rings. The van der Waals surface area contributed by atoms with Crippen LogP contribution in [0.3, 0.4) is 0 Å². The molecule has 9 nitrogen and oxygen atoms in total. The van der Waals surface area contributed by atoms with Gasteiger partial charge in [0.25, 0.3) is 0 Å². The van der Waals surface area contributed by atoms with Crippen LogP contribution in [0.5, 0.6) is 0 Å². The van der Waals surface area contributed by atoms with Crippen molar-refractivity contribution in [2.45, 2.75) is 0 Å². The molecule has 0 saturated heterocycles. The summed E-state index contributed by atoms with van der Waals surface area (Å²) in [4.78, 5) is 29.7. The van der Waals surface area contributed by atoms with Gasteiger partial charge in [-0.1, -0.05) is 0 Å². The molecule has 1 N–H and O–H groups in total. The summed E-state index contributed by atoms with van der Waals surface area (Å²) in [6.07, 6.45) is -3.84. The average Bonchev–Trinajstić information content (AvgIpc) is 1.81. The number of carbonyl (C=O) groups excluding carboxylic acids is 3. The third kappa shape index (κ3) is 14.6. The fourth-order valence-corrected chi connectivity index (χ4v) is 0.440. The van der Waals surface area contributed by atoms with Crippen LogP contribution in [0.1, 0.15) is 0 Å². The molecular formula is C3H5CaNaO9S. The van der Waals surface area contributed by atoms with Crippen molar-refractivity contribution < 1.29 is 41.0 Å². The fraction of sp³-hybridized carbons (Fsp3) is 0. The van der Waals surface area contributed by atoms with Crippen molar-refractivity contribution >= 4 is 96.5 Å². The molecule has 0 atom stereocenters. The van der Waals surface area contributed by atoms with E-state index in [1.807, 2.05) is 0 Å². The molecule has 0 aromatic carbocycles. The summed E-state index contributed by atoms with van der Waals surface area (Å²) in [7, 11) is -5.05. The maximum atomic E-state index is 10.1. The molecule has 0 aliphatic rings. The average molecular weight is 280 g/mol. The number of rotatable bonds is 2. The molecular weight excluding hydrogens is 275 g/mol. The first-order chi connectivity index (χ1) is 5.85. The van der Waals surface area contributed by atoms with Gasteiger partial charge in [-0.25, -0.2) is 9.59 Å². The Morgan fingerprint density at radius 2 is 1.67 bits per heavy atom. The summed E-state index contributed by atoms with van der Waals surface area (Å²) in [5, 5.41) is 0. The van der Waals surface area contributed by atoms with Gasteiger partial charge in [-0.05, 0) is 0 Å². The topological polar surface area (TPSA) is 133 Å². The normalized spacial score (nSPS) is 8.60. The van der Waals surface area contributed by atoms with E-state index in [1.165, 1.54) is 0 Å². The van der Waals surface area contributed by atoms with Crippen LogP contribution >= 0.6 is 0 Å². The third-order valence-electron chi connectivity index (χ3n) is 0.484. The van der Waals surface area contributed by atoms with Gasteiger partial charge in [-0.15, -0.1) is 0 Å². The molecule has 0 rings (SSSR count). The molecule has 15 heavy (non-hydrogen) atoms. The predicted molar refractivity (Wildman–Crippen MR) is 47.4 cm³/mol. The van der Waals surface area contributed by atoms with Crippen molar-refractivity contribution in [1.82, 2.24) is 0 Å². The Morgan fingerprint density at radius 3 is 2.00 bits per heavy atom. The van der Waals surface area contributed by atoms with Crippen molar-refractivity contribution in [3.05, 3.63) is 0 Å². The molecule has 0 bridgehead atoms.